The molecule has 0 saturated carbocycles. The summed E-state index contributed by atoms with van der Waals surface area (Å²) in [5.74, 6) is 0.959. The van der Waals surface area contributed by atoms with Crippen molar-refractivity contribution in [2.24, 2.45) is 5.92 Å². The number of carbonyl (C=O) groups excluding carboxylic acids is 1. The van der Waals surface area contributed by atoms with Crippen LogP contribution in [-0.4, -0.2) is 28.9 Å². The molecule has 1 aromatic rings. The van der Waals surface area contributed by atoms with Crippen LogP contribution < -0.4 is 16.0 Å². The molecule has 20 heavy (non-hydrogen) atoms. The first-order chi connectivity index (χ1) is 9.40. The number of nitrogens with one attached hydrogen (secondary N) is 1. The van der Waals surface area contributed by atoms with E-state index in [1.54, 1.807) is 0 Å². The second-order valence-electron chi connectivity index (χ2n) is 6.05. The zero-order valence-electron chi connectivity index (χ0n) is 12.6. The first kappa shape index (κ1) is 15.1. The molecule has 2 heterocycles. The molecular formula is C14H24N4OS. The van der Waals surface area contributed by atoms with Gasteiger partial charge in [0.2, 0.25) is 0 Å². The number of nitrogens with two attached hydrogens (primary N) is 1. The van der Waals surface area contributed by atoms with E-state index in [4.69, 9.17) is 5.73 Å². The third-order valence-electron chi connectivity index (χ3n) is 3.75. The van der Waals surface area contributed by atoms with E-state index < -0.39 is 0 Å². The van der Waals surface area contributed by atoms with Crippen LogP contribution in [0, 0.1) is 5.92 Å². The molecule has 1 aliphatic heterocycles. The molecule has 1 amide bonds. The molecule has 1 saturated heterocycles. The molecule has 0 radical (unpaired) electrons. The van der Waals surface area contributed by atoms with Gasteiger partial charge in [0.1, 0.15) is 10.6 Å². The molecule has 0 aliphatic carbocycles. The molecule has 0 bridgehead atoms. The van der Waals surface area contributed by atoms with E-state index in [0.29, 0.717) is 17.4 Å². The summed E-state index contributed by atoms with van der Waals surface area (Å²) >= 11 is 1.33. The zero-order valence-corrected chi connectivity index (χ0v) is 13.5. The predicted molar refractivity (Wildman–Crippen MR) is 84.3 cm³/mol. The van der Waals surface area contributed by atoms with Gasteiger partial charge in [-0.05, 0) is 51.1 Å². The standard InChI is InChI=1S/C14H24N4OS/c1-8(2)16-13(19)11-12(15)17-20-14(11)18-6-5-9(3)7-10(18)4/h8-10H,5-7H2,1-4H3,(H2,15,17)(H,16,19). The van der Waals surface area contributed by atoms with Crippen LogP contribution in [-0.2, 0) is 0 Å². The van der Waals surface area contributed by atoms with Gasteiger partial charge < -0.3 is 16.0 Å². The molecule has 2 unspecified atom stereocenters. The average molecular weight is 296 g/mol. The Balaban J connectivity index is 2.26. The Morgan fingerprint density at radius 2 is 2.20 bits per heavy atom. The second-order valence-corrected chi connectivity index (χ2v) is 6.80. The lowest BCUT2D eigenvalue weighted by Gasteiger charge is -2.37. The van der Waals surface area contributed by atoms with Gasteiger partial charge in [0.15, 0.2) is 5.82 Å². The van der Waals surface area contributed by atoms with E-state index in [0.717, 1.165) is 30.3 Å². The van der Waals surface area contributed by atoms with Gasteiger partial charge in [-0.2, -0.15) is 4.37 Å². The van der Waals surface area contributed by atoms with Crippen LogP contribution in [0.5, 0.6) is 0 Å². The van der Waals surface area contributed by atoms with Crippen LogP contribution in [0.2, 0.25) is 0 Å². The number of carbonyl (C=O) groups is 1. The highest BCUT2D eigenvalue weighted by atomic mass is 32.1. The van der Waals surface area contributed by atoms with Crippen molar-refractivity contribution < 1.29 is 4.79 Å². The largest absolute Gasteiger partial charge is 0.382 e. The monoisotopic (exact) mass is 296 g/mol. The Labute approximate surface area is 124 Å². The molecule has 0 aromatic carbocycles. The number of hydrogen-bond donors (Lipinski definition) is 2. The van der Waals surface area contributed by atoms with Crippen molar-refractivity contribution in [3.63, 3.8) is 0 Å². The highest BCUT2D eigenvalue weighted by Gasteiger charge is 2.29. The number of anilines is 2. The fourth-order valence-corrected chi connectivity index (χ4v) is 3.69. The van der Waals surface area contributed by atoms with Gasteiger partial charge in [-0.25, -0.2) is 0 Å². The van der Waals surface area contributed by atoms with E-state index >= 15 is 0 Å². The molecule has 6 heteroatoms. The van der Waals surface area contributed by atoms with E-state index in [9.17, 15) is 4.79 Å². The van der Waals surface area contributed by atoms with Gasteiger partial charge in [-0.3, -0.25) is 4.79 Å². The maximum Gasteiger partial charge on any atom is 0.258 e. The molecule has 2 rings (SSSR count). The molecule has 0 spiro atoms. The Bertz CT molecular complexity index is 486. The van der Waals surface area contributed by atoms with Gasteiger partial charge in [0.05, 0.1) is 0 Å². The van der Waals surface area contributed by atoms with Crippen LogP contribution in [0.3, 0.4) is 0 Å². The molecular weight excluding hydrogens is 272 g/mol. The van der Waals surface area contributed by atoms with E-state index in [1.807, 2.05) is 13.8 Å². The maximum absolute atomic E-state index is 12.3. The van der Waals surface area contributed by atoms with Crippen molar-refractivity contribution >= 4 is 28.3 Å². The second kappa shape index (κ2) is 5.99. The van der Waals surface area contributed by atoms with Crippen molar-refractivity contribution in [2.75, 3.05) is 17.2 Å². The van der Waals surface area contributed by atoms with Gasteiger partial charge >= 0.3 is 0 Å². The molecule has 1 fully saturated rings. The highest BCUT2D eigenvalue weighted by molar-refractivity contribution is 7.11. The summed E-state index contributed by atoms with van der Waals surface area (Å²) < 4.78 is 4.19. The number of hydrogen-bond acceptors (Lipinski definition) is 5. The molecule has 1 aromatic heterocycles. The summed E-state index contributed by atoms with van der Waals surface area (Å²) in [7, 11) is 0. The average Bonchev–Trinajstić information content (AvgIpc) is 2.70. The van der Waals surface area contributed by atoms with Crippen molar-refractivity contribution in [2.45, 2.75) is 52.6 Å². The van der Waals surface area contributed by atoms with Crippen LogP contribution >= 0.6 is 11.5 Å². The van der Waals surface area contributed by atoms with E-state index in [2.05, 4.69) is 28.4 Å². The molecule has 112 valence electrons. The number of nitrogens with zero attached hydrogens (tertiary/aromatic N) is 2. The van der Waals surface area contributed by atoms with Crippen molar-refractivity contribution in [3.05, 3.63) is 5.56 Å². The molecule has 1 aliphatic rings. The number of amides is 1. The lowest BCUT2D eigenvalue weighted by molar-refractivity contribution is 0.0944. The number of aromatic nitrogens is 1. The van der Waals surface area contributed by atoms with Gasteiger partial charge in [-0.1, -0.05) is 6.92 Å². The summed E-state index contributed by atoms with van der Waals surface area (Å²) in [5, 5.41) is 3.83. The van der Waals surface area contributed by atoms with Crippen LogP contribution in [0.4, 0.5) is 10.8 Å². The minimum absolute atomic E-state index is 0.0912. The summed E-state index contributed by atoms with van der Waals surface area (Å²) in [4.78, 5) is 14.6. The molecule has 5 nitrogen and oxygen atoms in total. The van der Waals surface area contributed by atoms with Crippen LogP contribution in [0.25, 0.3) is 0 Å². The number of rotatable bonds is 3. The van der Waals surface area contributed by atoms with Crippen LogP contribution in [0.15, 0.2) is 0 Å². The van der Waals surface area contributed by atoms with Gasteiger partial charge in [0, 0.05) is 18.6 Å². The van der Waals surface area contributed by atoms with Crippen molar-refractivity contribution in [3.8, 4) is 0 Å². The highest BCUT2D eigenvalue weighted by Crippen LogP contribution is 2.35. The number of piperidine rings is 1. The lowest BCUT2D eigenvalue weighted by Crippen LogP contribution is -2.41. The third kappa shape index (κ3) is 3.06. The zero-order chi connectivity index (χ0) is 14.9. The molecule has 3 N–H and O–H groups in total. The normalized spacial score (nSPS) is 23.1. The molecule has 2 atom stereocenters. The Kier molecular flexibility index (Phi) is 4.52. The maximum atomic E-state index is 12.3. The summed E-state index contributed by atoms with van der Waals surface area (Å²) in [6, 6.07) is 0.512. The minimum atomic E-state index is -0.118. The summed E-state index contributed by atoms with van der Waals surface area (Å²) in [5.41, 5.74) is 6.46. The minimum Gasteiger partial charge on any atom is -0.382 e. The van der Waals surface area contributed by atoms with Crippen LogP contribution in [0.1, 0.15) is 50.9 Å². The summed E-state index contributed by atoms with van der Waals surface area (Å²) in [6.45, 7) is 9.33. The third-order valence-corrected chi connectivity index (χ3v) is 4.65. The predicted octanol–water partition coefficient (Wildman–Crippen LogP) is 2.49. The van der Waals surface area contributed by atoms with E-state index in [1.165, 1.54) is 11.5 Å². The van der Waals surface area contributed by atoms with Crippen molar-refractivity contribution in [1.29, 1.82) is 0 Å². The smallest absolute Gasteiger partial charge is 0.258 e. The SMILES string of the molecule is CC1CCN(c2snc(N)c2C(=O)NC(C)C)C(C)C1. The first-order valence-corrected chi connectivity index (χ1v) is 8.00. The fraction of sp³-hybridized carbons (Fsp3) is 0.714. The Morgan fingerprint density at radius 1 is 1.50 bits per heavy atom. The fourth-order valence-electron chi connectivity index (χ4n) is 2.75. The number of nitrogen functional groups attached to an aromatic ring is 1. The Hall–Kier alpha value is -1.30. The summed E-state index contributed by atoms with van der Waals surface area (Å²) in [6.07, 6.45) is 2.29. The lowest BCUT2D eigenvalue weighted by atomic mass is 9.93. The van der Waals surface area contributed by atoms with Crippen molar-refractivity contribution in [1.82, 2.24) is 9.69 Å². The van der Waals surface area contributed by atoms with Gasteiger partial charge in [0.25, 0.3) is 5.91 Å². The van der Waals surface area contributed by atoms with Gasteiger partial charge in [-0.15, -0.1) is 0 Å². The first-order valence-electron chi connectivity index (χ1n) is 7.22. The topological polar surface area (TPSA) is 71.2 Å². The Morgan fingerprint density at radius 3 is 2.80 bits per heavy atom. The van der Waals surface area contributed by atoms with E-state index in [-0.39, 0.29) is 11.9 Å². The quantitative estimate of drug-likeness (QED) is 0.899.